The number of aromatic nitrogens is 2. The highest BCUT2D eigenvalue weighted by Gasteiger charge is 2.24. The number of thioether (sulfide) groups is 1. The zero-order valence-electron chi connectivity index (χ0n) is 14.5. The van der Waals surface area contributed by atoms with E-state index in [0.717, 1.165) is 28.1 Å². The number of rotatable bonds is 4. The summed E-state index contributed by atoms with van der Waals surface area (Å²) in [6.45, 7) is 0.670. The van der Waals surface area contributed by atoms with E-state index < -0.39 is 0 Å². The highest BCUT2D eigenvalue weighted by molar-refractivity contribution is 14.0. The van der Waals surface area contributed by atoms with Gasteiger partial charge in [-0.3, -0.25) is 4.99 Å². The van der Waals surface area contributed by atoms with Crippen LogP contribution in [0, 0.1) is 0 Å². The van der Waals surface area contributed by atoms with Crippen LogP contribution in [0.5, 0.6) is 0 Å². The van der Waals surface area contributed by atoms with Crippen LogP contribution < -0.4 is 10.6 Å². The number of imidazole rings is 1. The summed E-state index contributed by atoms with van der Waals surface area (Å²) in [7, 11) is 3.88. The molecule has 2 aromatic rings. The number of benzene rings is 1. The molecule has 0 aliphatic heterocycles. The molecule has 1 heterocycles. The predicted molar refractivity (Wildman–Crippen MR) is 114 cm³/mol. The summed E-state index contributed by atoms with van der Waals surface area (Å²) < 4.78 is 2.13. The van der Waals surface area contributed by atoms with E-state index in [1.54, 1.807) is 0 Å². The van der Waals surface area contributed by atoms with Gasteiger partial charge in [-0.05, 0) is 37.7 Å². The van der Waals surface area contributed by atoms with Crippen LogP contribution in [0.2, 0.25) is 0 Å². The number of guanidine groups is 1. The van der Waals surface area contributed by atoms with Gasteiger partial charge in [0.15, 0.2) is 5.96 Å². The van der Waals surface area contributed by atoms with Crippen molar-refractivity contribution in [1.82, 2.24) is 20.2 Å². The fraction of sp³-hybridized carbons (Fsp3) is 0.529. The molecular formula is C17H26IN5S. The van der Waals surface area contributed by atoms with Gasteiger partial charge < -0.3 is 15.2 Å². The van der Waals surface area contributed by atoms with Gasteiger partial charge in [0.1, 0.15) is 5.82 Å². The van der Waals surface area contributed by atoms with Gasteiger partial charge in [-0.2, -0.15) is 11.8 Å². The normalized spacial score (nSPS) is 20.9. The molecule has 0 saturated heterocycles. The van der Waals surface area contributed by atoms with Crippen molar-refractivity contribution >= 4 is 52.7 Å². The number of hydrogen-bond acceptors (Lipinski definition) is 3. The average Bonchev–Trinajstić information content (AvgIpc) is 3.16. The molecule has 7 heteroatoms. The summed E-state index contributed by atoms with van der Waals surface area (Å²) in [5, 5.41) is 7.72. The Bertz CT molecular complexity index is 699. The number of nitrogens with one attached hydrogen (secondary N) is 2. The molecule has 0 radical (unpaired) electrons. The fourth-order valence-electron chi connectivity index (χ4n) is 3.19. The number of para-hydroxylation sites is 2. The number of hydrogen-bond donors (Lipinski definition) is 2. The minimum Gasteiger partial charge on any atom is -0.354 e. The predicted octanol–water partition coefficient (Wildman–Crippen LogP) is 3.14. The van der Waals surface area contributed by atoms with E-state index in [-0.39, 0.29) is 24.0 Å². The first-order valence-corrected chi connectivity index (χ1v) is 9.40. The lowest BCUT2D eigenvalue weighted by Crippen LogP contribution is -2.42. The van der Waals surface area contributed by atoms with Crippen LogP contribution in [-0.2, 0) is 13.6 Å². The van der Waals surface area contributed by atoms with E-state index in [1.807, 2.05) is 37.0 Å². The molecule has 2 atom stereocenters. The zero-order chi connectivity index (χ0) is 16.2. The summed E-state index contributed by atoms with van der Waals surface area (Å²) in [6, 6.07) is 8.74. The standard InChI is InChI=1S/C17H25N5S.HI/c1-18-17(20-12-8-9-13(10-12)23-3)19-11-16-21-14-6-4-5-7-15(14)22(16)2;/h4-7,12-13H,8-11H2,1-3H3,(H2,18,19,20);1H. The number of aryl methyl sites for hydroxylation is 1. The number of halogens is 1. The van der Waals surface area contributed by atoms with Crippen molar-refractivity contribution in [2.75, 3.05) is 13.3 Å². The maximum absolute atomic E-state index is 4.69. The Labute approximate surface area is 165 Å². The number of fused-ring (bicyclic) bond motifs is 1. The third kappa shape index (κ3) is 4.36. The quantitative estimate of drug-likeness (QED) is 0.419. The second-order valence-electron chi connectivity index (χ2n) is 6.01. The van der Waals surface area contributed by atoms with Crippen molar-refractivity contribution in [3.8, 4) is 0 Å². The molecule has 2 unspecified atom stereocenters. The van der Waals surface area contributed by atoms with E-state index >= 15 is 0 Å². The second kappa shape index (κ2) is 8.94. The lowest BCUT2D eigenvalue weighted by Gasteiger charge is -2.17. The highest BCUT2D eigenvalue weighted by atomic mass is 127. The summed E-state index contributed by atoms with van der Waals surface area (Å²) >= 11 is 1.97. The van der Waals surface area contributed by atoms with Gasteiger partial charge in [0.25, 0.3) is 0 Å². The Morgan fingerprint density at radius 2 is 2.17 bits per heavy atom. The third-order valence-corrected chi connectivity index (χ3v) is 5.67. The minimum atomic E-state index is 0. The molecule has 24 heavy (non-hydrogen) atoms. The van der Waals surface area contributed by atoms with Gasteiger partial charge in [0.2, 0.25) is 0 Å². The van der Waals surface area contributed by atoms with Crippen LogP contribution in [0.4, 0.5) is 0 Å². The van der Waals surface area contributed by atoms with Crippen molar-refractivity contribution in [2.45, 2.75) is 37.1 Å². The monoisotopic (exact) mass is 459 g/mol. The Morgan fingerprint density at radius 3 is 2.83 bits per heavy atom. The molecule has 0 spiro atoms. The summed E-state index contributed by atoms with van der Waals surface area (Å²) in [5.74, 6) is 1.88. The second-order valence-corrected chi connectivity index (χ2v) is 7.15. The maximum Gasteiger partial charge on any atom is 0.191 e. The molecule has 132 valence electrons. The maximum atomic E-state index is 4.69. The smallest absolute Gasteiger partial charge is 0.191 e. The Kier molecular flexibility index (Phi) is 7.21. The van der Waals surface area contributed by atoms with Gasteiger partial charge >= 0.3 is 0 Å². The third-order valence-electron chi connectivity index (χ3n) is 4.58. The van der Waals surface area contributed by atoms with Crippen LogP contribution in [0.1, 0.15) is 25.1 Å². The van der Waals surface area contributed by atoms with Crippen molar-refractivity contribution in [2.24, 2.45) is 12.0 Å². The topological polar surface area (TPSA) is 54.2 Å². The van der Waals surface area contributed by atoms with Crippen LogP contribution in [0.25, 0.3) is 11.0 Å². The van der Waals surface area contributed by atoms with Crippen LogP contribution >= 0.6 is 35.7 Å². The van der Waals surface area contributed by atoms with Crippen molar-refractivity contribution in [3.05, 3.63) is 30.1 Å². The minimum absolute atomic E-state index is 0. The molecule has 5 nitrogen and oxygen atoms in total. The van der Waals surface area contributed by atoms with Gasteiger partial charge in [-0.15, -0.1) is 24.0 Å². The average molecular weight is 459 g/mol. The van der Waals surface area contributed by atoms with Gasteiger partial charge in [-0.25, -0.2) is 4.98 Å². The Hall–Kier alpha value is -0.960. The number of aliphatic imine (C=N–C) groups is 1. The SMILES string of the molecule is CN=C(NCc1nc2ccccc2n1C)NC1CCC(SC)C1.I. The lowest BCUT2D eigenvalue weighted by atomic mass is 10.2. The first kappa shape index (κ1) is 19.4. The zero-order valence-corrected chi connectivity index (χ0v) is 17.6. The first-order valence-electron chi connectivity index (χ1n) is 8.11. The molecule has 0 amide bonds. The highest BCUT2D eigenvalue weighted by Crippen LogP contribution is 2.28. The van der Waals surface area contributed by atoms with E-state index in [1.165, 1.54) is 19.3 Å². The van der Waals surface area contributed by atoms with E-state index in [0.29, 0.717) is 12.6 Å². The van der Waals surface area contributed by atoms with E-state index in [2.05, 4.69) is 44.5 Å². The number of nitrogens with zero attached hydrogens (tertiary/aromatic N) is 3. The molecule has 1 aliphatic rings. The van der Waals surface area contributed by atoms with Gasteiger partial charge in [0.05, 0.1) is 17.6 Å². The van der Waals surface area contributed by atoms with E-state index in [9.17, 15) is 0 Å². The Balaban J connectivity index is 0.00000208. The van der Waals surface area contributed by atoms with Crippen LogP contribution in [0.15, 0.2) is 29.3 Å². The molecule has 1 fully saturated rings. The Morgan fingerprint density at radius 1 is 1.38 bits per heavy atom. The fourth-order valence-corrected chi connectivity index (χ4v) is 3.99. The largest absolute Gasteiger partial charge is 0.354 e. The molecule has 1 saturated carbocycles. The molecule has 3 rings (SSSR count). The van der Waals surface area contributed by atoms with Crippen LogP contribution in [0.3, 0.4) is 0 Å². The van der Waals surface area contributed by atoms with Crippen molar-refractivity contribution < 1.29 is 0 Å². The van der Waals surface area contributed by atoms with E-state index in [4.69, 9.17) is 0 Å². The van der Waals surface area contributed by atoms with Crippen molar-refractivity contribution in [1.29, 1.82) is 0 Å². The summed E-state index contributed by atoms with van der Waals surface area (Å²) in [4.78, 5) is 9.04. The summed E-state index contributed by atoms with van der Waals surface area (Å²) in [5.41, 5.74) is 2.19. The molecule has 1 aromatic carbocycles. The molecule has 1 aliphatic carbocycles. The molecular weight excluding hydrogens is 433 g/mol. The van der Waals surface area contributed by atoms with Gasteiger partial charge in [-0.1, -0.05) is 12.1 Å². The first-order chi connectivity index (χ1) is 11.2. The molecule has 0 bridgehead atoms. The van der Waals surface area contributed by atoms with Crippen LogP contribution in [-0.4, -0.2) is 40.1 Å². The molecule has 1 aromatic heterocycles. The lowest BCUT2D eigenvalue weighted by molar-refractivity contribution is 0.610. The summed E-state index contributed by atoms with van der Waals surface area (Å²) in [6.07, 6.45) is 5.93. The van der Waals surface area contributed by atoms with Gasteiger partial charge in [0, 0.05) is 25.4 Å². The molecule has 2 N–H and O–H groups in total. The van der Waals surface area contributed by atoms with Crippen molar-refractivity contribution in [3.63, 3.8) is 0 Å².